The van der Waals surface area contributed by atoms with Crippen LogP contribution in [-0.2, 0) is 4.79 Å². The van der Waals surface area contributed by atoms with Crippen LogP contribution in [0, 0.1) is 0 Å². The number of para-hydroxylation sites is 1. The van der Waals surface area contributed by atoms with Crippen LogP contribution in [0.25, 0.3) is 10.9 Å². The third-order valence-corrected chi connectivity index (χ3v) is 2.20. The first-order chi connectivity index (χ1) is 7.90. The molecule has 2 rings (SSSR count). The van der Waals surface area contributed by atoms with Crippen LogP contribution in [0.4, 0.5) is 5.82 Å². The van der Waals surface area contributed by atoms with Gasteiger partial charge < -0.3 is 10.2 Å². The van der Waals surface area contributed by atoms with Crippen LogP contribution < -0.4 is 10.9 Å². The summed E-state index contributed by atoms with van der Waals surface area (Å²) in [4.78, 5) is 14.5. The van der Waals surface area contributed by atoms with Crippen LogP contribution in [0.2, 0.25) is 0 Å². The molecule has 0 unspecified atom stereocenters. The average molecular weight is 215 g/mol. The number of fused-ring (bicyclic) bond motifs is 1. The minimum Gasteiger partial charge on any atom is -0.306 e. The first kappa shape index (κ1) is 10.6. The molecule has 0 saturated carbocycles. The van der Waals surface area contributed by atoms with Crippen LogP contribution >= 0.6 is 0 Å². The van der Waals surface area contributed by atoms with Gasteiger partial charge in [-0.1, -0.05) is 18.2 Å². The van der Waals surface area contributed by atoms with E-state index in [1.807, 2.05) is 36.4 Å². The Morgan fingerprint density at radius 1 is 1.19 bits per heavy atom. The van der Waals surface area contributed by atoms with Crippen LogP contribution in [0.5, 0.6) is 0 Å². The molecule has 82 valence electrons. The van der Waals surface area contributed by atoms with E-state index in [4.69, 9.17) is 0 Å². The van der Waals surface area contributed by atoms with Gasteiger partial charge in [-0.2, -0.15) is 0 Å². The van der Waals surface area contributed by atoms with Crippen molar-refractivity contribution in [1.29, 1.82) is 0 Å². The SMILES string of the molecule is O=CCCNNc1ccc2ccccc2n1. The maximum Gasteiger partial charge on any atom is 0.140 e. The van der Waals surface area contributed by atoms with Gasteiger partial charge >= 0.3 is 0 Å². The van der Waals surface area contributed by atoms with Crippen LogP contribution in [-0.4, -0.2) is 17.8 Å². The van der Waals surface area contributed by atoms with Gasteiger partial charge in [0.15, 0.2) is 0 Å². The van der Waals surface area contributed by atoms with E-state index in [9.17, 15) is 4.79 Å². The Hall–Kier alpha value is -1.94. The van der Waals surface area contributed by atoms with Crippen molar-refractivity contribution in [3.05, 3.63) is 36.4 Å². The molecule has 16 heavy (non-hydrogen) atoms. The highest BCUT2D eigenvalue weighted by molar-refractivity contribution is 5.79. The fraction of sp³-hybridized carbons (Fsp3) is 0.167. The predicted molar refractivity (Wildman–Crippen MR) is 64.0 cm³/mol. The van der Waals surface area contributed by atoms with Crippen molar-refractivity contribution in [1.82, 2.24) is 10.4 Å². The summed E-state index contributed by atoms with van der Waals surface area (Å²) in [7, 11) is 0. The minimum absolute atomic E-state index is 0.487. The van der Waals surface area contributed by atoms with Crippen LogP contribution in [0.1, 0.15) is 6.42 Å². The Morgan fingerprint density at radius 2 is 2.06 bits per heavy atom. The largest absolute Gasteiger partial charge is 0.306 e. The van der Waals surface area contributed by atoms with Crippen LogP contribution in [0.3, 0.4) is 0 Å². The number of carbonyl (C=O) groups is 1. The number of aromatic nitrogens is 1. The molecule has 0 bridgehead atoms. The minimum atomic E-state index is 0.487. The predicted octanol–water partition coefficient (Wildman–Crippen LogP) is 1.74. The van der Waals surface area contributed by atoms with E-state index in [2.05, 4.69) is 15.8 Å². The first-order valence-electron chi connectivity index (χ1n) is 5.18. The maximum atomic E-state index is 10.1. The molecule has 0 atom stereocenters. The summed E-state index contributed by atoms with van der Waals surface area (Å²) < 4.78 is 0. The maximum absolute atomic E-state index is 10.1. The Labute approximate surface area is 93.7 Å². The number of hydrazine groups is 1. The first-order valence-corrected chi connectivity index (χ1v) is 5.18. The Kier molecular flexibility index (Phi) is 3.46. The molecule has 1 heterocycles. The monoisotopic (exact) mass is 215 g/mol. The van der Waals surface area contributed by atoms with Crippen LogP contribution in [0.15, 0.2) is 36.4 Å². The lowest BCUT2D eigenvalue weighted by Gasteiger charge is -2.06. The van der Waals surface area contributed by atoms with E-state index < -0.39 is 0 Å². The second-order valence-electron chi connectivity index (χ2n) is 3.40. The molecular formula is C12H13N3O. The molecule has 0 aliphatic rings. The number of nitrogens with zero attached hydrogens (tertiary/aromatic N) is 1. The van der Waals surface area contributed by atoms with Gasteiger partial charge in [0, 0.05) is 18.4 Å². The number of aldehydes is 1. The summed E-state index contributed by atoms with van der Waals surface area (Å²) in [6.45, 7) is 0.595. The lowest BCUT2D eigenvalue weighted by molar-refractivity contribution is -0.107. The quantitative estimate of drug-likeness (QED) is 0.453. The Morgan fingerprint density at radius 3 is 2.94 bits per heavy atom. The Bertz CT molecular complexity index is 484. The smallest absolute Gasteiger partial charge is 0.140 e. The summed E-state index contributed by atoms with van der Waals surface area (Å²) in [5.41, 5.74) is 6.82. The number of nitrogens with one attached hydrogen (secondary N) is 2. The van der Waals surface area contributed by atoms with E-state index >= 15 is 0 Å². The Balaban J connectivity index is 2.05. The number of hydrogen-bond donors (Lipinski definition) is 2. The zero-order valence-electron chi connectivity index (χ0n) is 8.81. The van der Waals surface area contributed by atoms with Crippen molar-refractivity contribution in [2.24, 2.45) is 0 Å². The van der Waals surface area contributed by atoms with Gasteiger partial charge in [0.05, 0.1) is 5.52 Å². The molecule has 2 N–H and O–H groups in total. The van der Waals surface area contributed by atoms with Crippen molar-refractivity contribution < 1.29 is 4.79 Å². The fourth-order valence-corrected chi connectivity index (χ4v) is 1.42. The van der Waals surface area contributed by atoms with Gasteiger partial charge in [-0.05, 0) is 18.2 Å². The van der Waals surface area contributed by atoms with Gasteiger partial charge in [0.25, 0.3) is 0 Å². The van der Waals surface area contributed by atoms with E-state index in [0.717, 1.165) is 23.0 Å². The molecular weight excluding hydrogens is 202 g/mol. The number of anilines is 1. The third kappa shape index (κ3) is 2.55. The summed E-state index contributed by atoms with van der Waals surface area (Å²) >= 11 is 0. The van der Waals surface area contributed by atoms with Gasteiger partial charge in [-0.15, -0.1) is 0 Å². The van der Waals surface area contributed by atoms with E-state index in [0.29, 0.717) is 13.0 Å². The topological polar surface area (TPSA) is 54.0 Å². The summed E-state index contributed by atoms with van der Waals surface area (Å²) in [6, 6.07) is 11.8. The highest BCUT2D eigenvalue weighted by Gasteiger charge is 1.96. The number of carbonyl (C=O) groups excluding carboxylic acids is 1. The molecule has 1 aromatic heterocycles. The highest BCUT2D eigenvalue weighted by atomic mass is 16.1. The molecule has 0 fully saturated rings. The van der Waals surface area contributed by atoms with Crippen molar-refractivity contribution >= 4 is 23.0 Å². The number of benzene rings is 1. The molecule has 2 aromatic rings. The van der Waals surface area contributed by atoms with E-state index in [1.165, 1.54) is 0 Å². The fourth-order valence-electron chi connectivity index (χ4n) is 1.42. The number of hydrogen-bond acceptors (Lipinski definition) is 4. The summed E-state index contributed by atoms with van der Waals surface area (Å²) in [5, 5.41) is 1.11. The van der Waals surface area contributed by atoms with Crippen molar-refractivity contribution in [3.63, 3.8) is 0 Å². The molecule has 0 aliphatic carbocycles. The highest BCUT2D eigenvalue weighted by Crippen LogP contribution is 2.13. The van der Waals surface area contributed by atoms with E-state index in [1.54, 1.807) is 0 Å². The second kappa shape index (κ2) is 5.23. The van der Waals surface area contributed by atoms with Gasteiger partial charge in [0.2, 0.25) is 0 Å². The normalized spacial score (nSPS) is 10.2. The molecule has 1 aromatic carbocycles. The molecule has 0 saturated heterocycles. The van der Waals surface area contributed by atoms with Crippen molar-refractivity contribution in [3.8, 4) is 0 Å². The standard InChI is InChI=1S/C12H13N3O/c16-9-3-8-13-15-12-7-6-10-4-1-2-5-11(10)14-12/h1-2,4-7,9,13H,3,8H2,(H,14,15). The third-order valence-electron chi connectivity index (χ3n) is 2.20. The molecule has 0 spiro atoms. The second-order valence-corrected chi connectivity index (χ2v) is 3.40. The van der Waals surface area contributed by atoms with Crippen molar-refractivity contribution in [2.45, 2.75) is 6.42 Å². The lowest BCUT2D eigenvalue weighted by atomic mass is 10.2. The molecule has 0 aliphatic heterocycles. The van der Waals surface area contributed by atoms with E-state index in [-0.39, 0.29) is 0 Å². The molecule has 4 nitrogen and oxygen atoms in total. The summed E-state index contributed by atoms with van der Waals surface area (Å²) in [5.74, 6) is 0.754. The van der Waals surface area contributed by atoms with Gasteiger partial charge in [0.1, 0.15) is 12.1 Å². The number of rotatable bonds is 5. The zero-order chi connectivity index (χ0) is 11.2. The zero-order valence-corrected chi connectivity index (χ0v) is 8.81. The molecule has 4 heteroatoms. The van der Waals surface area contributed by atoms with Crippen molar-refractivity contribution in [2.75, 3.05) is 12.0 Å². The molecule has 0 amide bonds. The number of pyridine rings is 1. The summed E-state index contributed by atoms with van der Waals surface area (Å²) in [6.07, 6.45) is 1.36. The average Bonchev–Trinajstić information content (AvgIpc) is 2.34. The van der Waals surface area contributed by atoms with Gasteiger partial charge in [-0.25, -0.2) is 10.4 Å². The van der Waals surface area contributed by atoms with Gasteiger partial charge in [-0.3, -0.25) is 0 Å². The molecule has 0 radical (unpaired) electrons. The lowest BCUT2D eigenvalue weighted by Crippen LogP contribution is -2.23.